The molecule has 5 nitrogen and oxygen atoms in total. The van der Waals surface area contributed by atoms with Crippen LogP contribution in [-0.2, 0) is 10.0 Å². The molecule has 19 heavy (non-hydrogen) atoms. The van der Waals surface area contributed by atoms with Gasteiger partial charge in [-0.05, 0) is 30.7 Å². The molecule has 0 amide bonds. The number of hydrogen-bond acceptors (Lipinski definition) is 5. The molecule has 2 rings (SSSR count). The average molecular weight is 302 g/mol. The first-order valence-electron chi connectivity index (χ1n) is 6.08. The number of nitrogens with two attached hydrogens (primary N) is 1. The van der Waals surface area contributed by atoms with Crippen molar-refractivity contribution in [3.8, 4) is 5.75 Å². The number of anilines is 1. The minimum Gasteiger partial charge on any atom is -0.495 e. The van der Waals surface area contributed by atoms with Crippen LogP contribution < -0.4 is 15.2 Å². The molecule has 3 N–H and O–H groups in total. The number of sulfonamides is 1. The molecular weight excluding hydrogens is 284 g/mol. The molecule has 1 aliphatic rings. The van der Waals surface area contributed by atoms with Crippen LogP contribution >= 0.6 is 11.8 Å². The van der Waals surface area contributed by atoms with Gasteiger partial charge in [0.1, 0.15) is 10.6 Å². The SMILES string of the molecule is COc1cc(N)ccc1S(=O)(=O)NCC1CCCS1. The average Bonchev–Trinajstić information content (AvgIpc) is 2.89. The number of rotatable bonds is 5. The summed E-state index contributed by atoms with van der Waals surface area (Å²) in [5, 5.41) is 0.370. The van der Waals surface area contributed by atoms with E-state index in [2.05, 4.69) is 4.72 Å². The molecular formula is C12H18N2O3S2. The zero-order valence-electron chi connectivity index (χ0n) is 10.8. The third-order valence-electron chi connectivity index (χ3n) is 3.00. The van der Waals surface area contributed by atoms with Crippen LogP contribution in [0.15, 0.2) is 23.1 Å². The quantitative estimate of drug-likeness (QED) is 0.805. The fourth-order valence-corrected chi connectivity index (χ4v) is 4.53. The molecule has 1 aromatic carbocycles. The second kappa shape index (κ2) is 6.02. The van der Waals surface area contributed by atoms with Gasteiger partial charge >= 0.3 is 0 Å². The van der Waals surface area contributed by atoms with Crippen LogP contribution in [0, 0.1) is 0 Å². The van der Waals surface area contributed by atoms with Gasteiger partial charge in [-0.3, -0.25) is 0 Å². The first-order valence-corrected chi connectivity index (χ1v) is 8.61. The maximum atomic E-state index is 12.2. The fourth-order valence-electron chi connectivity index (χ4n) is 1.99. The van der Waals surface area contributed by atoms with Crippen molar-refractivity contribution in [3.63, 3.8) is 0 Å². The Morgan fingerprint density at radius 1 is 1.53 bits per heavy atom. The van der Waals surface area contributed by atoms with Crippen molar-refractivity contribution in [1.82, 2.24) is 4.72 Å². The van der Waals surface area contributed by atoms with Crippen molar-refractivity contribution in [2.45, 2.75) is 23.0 Å². The highest BCUT2D eigenvalue weighted by molar-refractivity contribution is 8.00. The van der Waals surface area contributed by atoms with Crippen molar-refractivity contribution in [1.29, 1.82) is 0 Å². The maximum absolute atomic E-state index is 12.2. The summed E-state index contributed by atoms with van der Waals surface area (Å²) < 4.78 is 32.2. The fraction of sp³-hybridized carbons (Fsp3) is 0.500. The van der Waals surface area contributed by atoms with Gasteiger partial charge in [0.15, 0.2) is 0 Å². The van der Waals surface area contributed by atoms with E-state index in [0.717, 1.165) is 18.6 Å². The molecule has 106 valence electrons. The molecule has 0 spiro atoms. The van der Waals surface area contributed by atoms with E-state index in [-0.39, 0.29) is 10.6 Å². The summed E-state index contributed by atoms with van der Waals surface area (Å²) >= 11 is 1.81. The van der Waals surface area contributed by atoms with E-state index >= 15 is 0 Å². The van der Waals surface area contributed by atoms with Crippen LogP contribution in [0.5, 0.6) is 5.75 Å². The normalized spacial score (nSPS) is 19.5. The molecule has 0 aliphatic carbocycles. The molecule has 1 saturated heterocycles. The van der Waals surface area contributed by atoms with Gasteiger partial charge in [-0.2, -0.15) is 11.8 Å². The lowest BCUT2D eigenvalue weighted by molar-refractivity contribution is 0.402. The Labute approximate surface area is 118 Å². The zero-order valence-corrected chi connectivity index (χ0v) is 12.4. The molecule has 0 saturated carbocycles. The number of methoxy groups -OCH3 is 1. The third-order valence-corrected chi connectivity index (χ3v) is 5.86. The van der Waals surface area contributed by atoms with Crippen LogP contribution in [0.2, 0.25) is 0 Å². The standard InChI is InChI=1S/C12H18N2O3S2/c1-17-11-7-9(13)4-5-12(11)19(15,16)14-8-10-3-2-6-18-10/h4-5,7,10,14H,2-3,6,8,13H2,1H3. The Hall–Kier alpha value is -0.920. The van der Waals surface area contributed by atoms with Gasteiger partial charge in [0.25, 0.3) is 0 Å². The monoisotopic (exact) mass is 302 g/mol. The van der Waals surface area contributed by atoms with E-state index in [9.17, 15) is 8.42 Å². The van der Waals surface area contributed by atoms with Gasteiger partial charge in [-0.1, -0.05) is 0 Å². The highest BCUT2D eigenvalue weighted by Gasteiger charge is 2.22. The topological polar surface area (TPSA) is 81.4 Å². The van der Waals surface area contributed by atoms with E-state index in [0.29, 0.717) is 17.5 Å². The lowest BCUT2D eigenvalue weighted by atomic mass is 10.2. The second-order valence-corrected chi connectivity index (χ2v) is 7.54. The molecule has 7 heteroatoms. The molecule has 1 aromatic rings. The first kappa shape index (κ1) is 14.5. The lowest BCUT2D eigenvalue weighted by Crippen LogP contribution is -2.30. The van der Waals surface area contributed by atoms with Crippen molar-refractivity contribution < 1.29 is 13.2 Å². The second-order valence-electron chi connectivity index (χ2n) is 4.40. The number of hydrogen-bond donors (Lipinski definition) is 2. The van der Waals surface area contributed by atoms with Crippen LogP contribution in [0.25, 0.3) is 0 Å². The van der Waals surface area contributed by atoms with Gasteiger partial charge in [0.05, 0.1) is 7.11 Å². The van der Waals surface area contributed by atoms with Gasteiger partial charge in [0, 0.05) is 23.5 Å². The Balaban J connectivity index is 2.14. The Morgan fingerprint density at radius 2 is 2.32 bits per heavy atom. The Morgan fingerprint density at radius 3 is 2.95 bits per heavy atom. The van der Waals surface area contributed by atoms with Gasteiger partial charge in [0.2, 0.25) is 10.0 Å². The summed E-state index contributed by atoms with van der Waals surface area (Å²) in [6, 6.07) is 4.54. The molecule has 1 unspecified atom stereocenters. The van der Waals surface area contributed by atoms with Crippen molar-refractivity contribution in [3.05, 3.63) is 18.2 Å². The van der Waals surface area contributed by atoms with E-state index in [1.54, 1.807) is 6.07 Å². The summed E-state index contributed by atoms with van der Waals surface area (Å²) in [4.78, 5) is 0.132. The smallest absolute Gasteiger partial charge is 0.244 e. The van der Waals surface area contributed by atoms with Gasteiger partial charge < -0.3 is 10.5 Å². The predicted octanol–water partition coefficient (Wildman–Crippen LogP) is 1.45. The van der Waals surface area contributed by atoms with Crippen molar-refractivity contribution >= 4 is 27.5 Å². The van der Waals surface area contributed by atoms with Crippen molar-refractivity contribution in [2.24, 2.45) is 0 Å². The highest BCUT2D eigenvalue weighted by Crippen LogP contribution is 2.28. The van der Waals surface area contributed by atoms with E-state index in [4.69, 9.17) is 10.5 Å². The highest BCUT2D eigenvalue weighted by atomic mass is 32.2. The molecule has 0 radical (unpaired) electrons. The third kappa shape index (κ3) is 3.55. The van der Waals surface area contributed by atoms with Gasteiger partial charge in [-0.25, -0.2) is 13.1 Å². The number of thioether (sulfide) groups is 1. The molecule has 1 aliphatic heterocycles. The van der Waals surface area contributed by atoms with Crippen LogP contribution in [-0.4, -0.2) is 33.1 Å². The molecule has 1 heterocycles. The minimum atomic E-state index is -3.55. The summed E-state index contributed by atoms with van der Waals surface area (Å²) in [5.41, 5.74) is 6.10. The summed E-state index contributed by atoms with van der Waals surface area (Å²) in [6.45, 7) is 0.459. The van der Waals surface area contributed by atoms with Crippen LogP contribution in [0.1, 0.15) is 12.8 Å². The number of ether oxygens (including phenoxy) is 1. The van der Waals surface area contributed by atoms with E-state index in [1.165, 1.54) is 19.2 Å². The zero-order chi connectivity index (χ0) is 13.9. The molecule has 0 aromatic heterocycles. The summed E-state index contributed by atoms with van der Waals surface area (Å²) in [7, 11) is -2.12. The van der Waals surface area contributed by atoms with Crippen LogP contribution in [0.4, 0.5) is 5.69 Å². The number of nitrogens with one attached hydrogen (secondary N) is 1. The molecule has 0 bridgehead atoms. The predicted molar refractivity (Wildman–Crippen MR) is 78.1 cm³/mol. The summed E-state index contributed by atoms with van der Waals surface area (Å²) in [6.07, 6.45) is 2.22. The first-order chi connectivity index (χ1) is 9.03. The van der Waals surface area contributed by atoms with E-state index < -0.39 is 10.0 Å². The summed E-state index contributed by atoms with van der Waals surface area (Å²) in [5.74, 6) is 1.38. The van der Waals surface area contributed by atoms with E-state index in [1.807, 2.05) is 11.8 Å². The Kier molecular flexibility index (Phi) is 4.59. The van der Waals surface area contributed by atoms with Crippen LogP contribution in [0.3, 0.4) is 0 Å². The van der Waals surface area contributed by atoms with Gasteiger partial charge in [-0.15, -0.1) is 0 Å². The van der Waals surface area contributed by atoms with Crippen molar-refractivity contribution in [2.75, 3.05) is 25.1 Å². The Bertz CT molecular complexity index is 540. The minimum absolute atomic E-state index is 0.132. The maximum Gasteiger partial charge on any atom is 0.244 e. The largest absolute Gasteiger partial charge is 0.495 e. The number of nitrogen functional groups attached to an aromatic ring is 1. The number of benzene rings is 1. The lowest BCUT2D eigenvalue weighted by Gasteiger charge is -2.13. The molecule has 1 fully saturated rings. The molecule has 1 atom stereocenters.